The normalized spacial score (nSPS) is 11.8. The molecule has 3 aromatic rings. The number of esters is 1. The quantitative estimate of drug-likeness (QED) is 0.717. The molecule has 2 aromatic carbocycles. The van der Waals surface area contributed by atoms with Crippen LogP contribution >= 0.6 is 11.6 Å². The smallest absolute Gasteiger partial charge is 0.341 e. The number of pyridine rings is 1. The van der Waals surface area contributed by atoms with Crippen LogP contribution in [0.3, 0.4) is 0 Å². The minimum absolute atomic E-state index is 0.315. The lowest BCUT2D eigenvalue weighted by atomic mass is 10.1. The zero-order chi connectivity index (χ0) is 17.8. The minimum Gasteiger partial charge on any atom is -0.449 e. The van der Waals surface area contributed by atoms with Gasteiger partial charge in [0.25, 0.3) is 5.91 Å². The van der Waals surface area contributed by atoms with Crippen LogP contribution in [0.1, 0.15) is 17.3 Å². The van der Waals surface area contributed by atoms with E-state index in [-0.39, 0.29) is 0 Å². The van der Waals surface area contributed by atoms with E-state index in [0.29, 0.717) is 21.8 Å². The van der Waals surface area contributed by atoms with Crippen molar-refractivity contribution in [2.24, 2.45) is 0 Å². The molecule has 1 heterocycles. The number of hydrogen-bond acceptors (Lipinski definition) is 4. The topological polar surface area (TPSA) is 68.3 Å². The van der Waals surface area contributed by atoms with Gasteiger partial charge in [-0.25, -0.2) is 4.79 Å². The second-order valence-corrected chi connectivity index (χ2v) is 5.80. The fourth-order valence-electron chi connectivity index (χ4n) is 2.34. The molecule has 25 heavy (non-hydrogen) atoms. The van der Waals surface area contributed by atoms with Gasteiger partial charge in [0, 0.05) is 11.6 Å². The molecule has 0 fully saturated rings. The molecule has 0 saturated carbocycles. The summed E-state index contributed by atoms with van der Waals surface area (Å²) in [5.74, 6) is -1.07. The van der Waals surface area contributed by atoms with Crippen molar-refractivity contribution in [3.8, 4) is 0 Å². The molecule has 0 saturated heterocycles. The van der Waals surface area contributed by atoms with Gasteiger partial charge in [-0.1, -0.05) is 41.9 Å². The predicted octanol–water partition coefficient (Wildman–Crippen LogP) is 4.07. The molecule has 0 aliphatic heterocycles. The first-order valence-corrected chi connectivity index (χ1v) is 8.04. The molecule has 1 amide bonds. The van der Waals surface area contributed by atoms with E-state index in [2.05, 4.69) is 10.3 Å². The average molecular weight is 355 g/mol. The van der Waals surface area contributed by atoms with Gasteiger partial charge in [0.2, 0.25) is 0 Å². The highest BCUT2D eigenvalue weighted by atomic mass is 35.5. The van der Waals surface area contributed by atoms with Crippen LogP contribution in [0.5, 0.6) is 0 Å². The van der Waals surface area contributed by atoms with Crippen LogP contribution < -0.4 is 5.32 Å². The van der Waals surface area contributed by atoms with E-state index < -0.39 is 18.0 Å². The van der Waals surface area contributed by atoms with E-state index in [1.165, 1.54) is 6.92 Å². The molecular formula is C19H15ClN2O3. The lowest BCUT2D eigenvalue weighted by molar-refractivity contribution is -0.123. The molecular weight excluding hydrogens is 340 g/mol. The summed E-state index contributed by atoms with van der Waals surface area (Å²) in [6, 6.07) is 15.7. The van der Waals surface area contributed by atoms with Gasteiger partial charge >= 0.3 is 5.97 Å². The first kappa shape index (κ1) is 16.9. The third-order valence-electron chi connectivity index (χ3n) is 3.64. The SMILES string of the molecule is C[C@@H](OC(=O)c1cccc2cccnc12)C(=O)Nc1ccccc1Cl. The van der Waals surface area contributed by atoms with Crippen molar-refractivity contribution in [3.05, 3.63) is 71.4 Å². The zero-order valence-electron chi connectivity index (χ0n) is 13.4. The Labute approximate surface area is 149 Å². The van der Waals surface area contributed by atoms with Gasteiger partial charge in [-0.2, -0.15) is 0 Å². The van der Waals surface area contributed by atoms with Crippen molar-refractivity contribution in [2.45, 2.75) is 13.0 Å². The molecule has 0 bridgehead atoms. The molecule has 126 valence electrons. The summed E-state index contributed by atoms with van der Waals surface area (Å²) in [5.41, 5.74) is 1.31. The fraction of sp³-hybridized carbons (Fsp3) is 0.105. The number of amides is 1. The number of carbonyl (C=O) groups is 2. The maximum atomic E-state index is 12.4. The lowest BCUT2D eigenvalue weighted by Crippen LogP contribution is -2.30. The van der Waals surface area contributed by atoms with Crippen LogP contribution in [0, 0.1) is 0 Å². The van der Waals surface area contributed by atoms with E-state index in [4.69, 9.17) is 16.3 Å². The number of halogens is 1. The predicted molar refractivity (Wildman–Crippen MR) is 96.7 cm³/mol. The molecule has 6 heteroatoms. The number of hydrogen-bond donors (Lipinski definition) is 1. The number of ether oxygens (including phenoxy) is 1. The second kappa shape index (κ2) is 7.32. The summed E-state index contributed by atoms with van der Waals surface area (Å²) in [7, 11) is 0. The Kier molecular flexibility index (Phi) is 4.95. The van der Waals surface area contributed by atoms with Crippen molar-refractivity contribution < 1.29 is 14.3 Å². The number of carbonyl (C=O) groups excluding carboxylic acids is 2. The van der Waals surface area contributed by atoms with Gasteiger partial charge in [0.1, 0.15) is 0 Å². The average Bonchev–Trinajstić information content (AvgIpc) is 2.63. The fourth-order valence-corrected chi connectivity index (χ4v) is 2.53. The summed E-state index contributed by atoms with van der Waals surface area (Å²) in [4.78, 5) is 28.9. The summed E-state index contributed by atoms with van der Waals surface area (Å²) in [6.45, 7) is 1.50. The summed E-state index contributed by atoms with van der Waals surface area (Å²) in [6.07, 6.45) is 0.620. The van der Waals surface area contributed by atoms with Gasteiger partial charge in [-0.05, 0) is 31.2 Å². The maximum Gasteiger partial charge on any atom is 0.341 e. The molecule has 0 aliphatic rings. The number of benzene rings is 2. The molecule has 1 aromatic heterocycles. The van der Waals surface area contributed by atoms with Crippen LogP contribution in [-0.2, 0) is 9.53 Å². The first-order chi connectivity index (χ1) is 12.1. The highest BCUT2D eigenvalue weighted by molar-refractivity contribution is 6.33. The first-order valence-electron chi connectivity index (χ1n) is 7.66. The zero-order valence-corrected chi connectivity index (χ0v) is 14.2. The summed E-state index contributed by atoms with van der Waals surface area (Å²) < 4.78 is 5.28. The summed E-state index contributed by atoms with van der Waals surface area (Å²) in [5, 5.41) is 3.87. The summed E-state index contributed by atoms with van der Waals surface area (Å²) >= 11 is 6.01. The Bertz CT molecular complexity index is 937. The Hall–Kier alpha value is -2.92. The van der Waals surface area contributed by atoms with Crippen LogP contribution in [0.15, 0.2) is 60.8 Å². The number of fused-ring (bicyclic) bond motifs is 1. The molecule has 0 radical (unpaired) electrons. The van der Waals surface area contributed by atoms with E-state index in [1.807, 2.05) is 12.1 Å². The van der Waals surface area contributed by atoms with Crippen molar-refractivity contribution in [2.75, 3.05) is 5.32 Å². The molecule has 1 atom stereocenters. The Morgan fingerprint density at radius 3 is 2.64 bits per heavy atom. The van der Waals surface area contributed by atoms with Crippen molar-refractivity contribution >= 4 is 40.1 Å². The van der Waals surface area contributed by atoms with Gasteiger partial charge in [0.05, 0.1) is 21.8 Å². The Balaban J connectivity index is 1.74. The minimum atomic E-state index is -0.984. The Morgan fingerprint density at radius 2 is 1.84 bits per heavy atom. The number of anilines is 1. The molecule has 0 aliphatic carbocycles. The second-order valence-electron chi connectivity index (χ2n) is 5.40. The van der Waals surface area contributed by atoms with E-state index in [0.717, 1.165) is 5.39 Å². The monoisotopic (exact) mass is 354 g/mol. The van der Waals surface area contributed by atoms with E-state index in [1.54, 1.807) is 48.7 Å². The molecule has 0 spiro atoms. The van der Waals surface area contributed by atoms with Gasteiger partial charge in [0.15, 0.2) is 6.10 Å². The standard InChI is InChI=1S/C19H15ClN2O3/c1-12(18(23)22-16-10-3-2-9-15(16)20)25-19(24)14-8-4-6-13-7-5-11-21-17(13)14/h2-12H,1H3,(H,22,23)/t12-/m1/s1. The van der Waals surface area contributed by atoms with Crippen LogP contribution in [0.2, 0.25) is 5.02 Å². The molecule has 3 rings (SSSR count). The van der Waals surface area contributed by atoms with E-state index >= 15 is 0 Å². The largest absolute Gasteiger partial charge is 0.449 e. The molecule has 1 N–H and O–H groups in total. The van der Waals surface area contributed by atoms with Gasteiger partial charge in [-0.3, -0.25) is 9.78 Å². The van der Waals surface area contributed by atoms with Crippen LogP contribution in [-0.4, -0.2) is 23.0 Å². The van der Waals surface area contributed by atoms with Crippen LogP contribution in [0.25, 0.3) is 10.9 Å². The molecule has 5 nitrogen and oxygen atoms in total. The van der Waals surface area contributed by atoms with Gasteiger partial charge in [-0.15, -0.1) is 0 Å². The third-order valence-corrected chi connectivity index (χ3v) is 3.97. The number of nitrogens with one attached hydrogen (secondary N) is 1. The van der Waals surface area contributed by atoms with Crippen molar-refractivity contribution in [1.29, 1.82) is 0 Å². The number of para-hydroxylation sites is 2. The molecule has 0 unspecified atom stereocenters. The number of nitrogens with zero attached hydrogens (tertiary/aromatic N) is 1. The van der Waals surface area contributed by atoms with E-state index in [9.17, 15) is 9.59 Å². The van der Waals surface area contributed by atoms with Crippen molar-refractivity contribution in [3.63, 3.8) is 0 Å². The Morgan fingerprint density at radius 1 is 1.08 bits per heavy atom. The highest BCUT2D eigenvalue weighted by Gasteiger charge is 2.21. The van der Waals surface area contributed by atoms with Crippen LogP contribution in [0.4, 0.5) is 5.69 Å². The highest BCUT2D eigenvalue weighted by Crippen LogP contribution is 2.21. The van der Waals surface area contributed by atoms with Gasteiger partial charge < -0.3 is 10.1 Å². The third kappa shape index (κ3) is 3.78. The lowest BCUT2D eigenvalue weighted by Gasteiger charge is -2.14. The maximum absolute atomic E-state index is 12.4. The van der Waals surface area contributed by atoms with Crippen molar-refractivity contribution in [1.82, 2.24) is 4.98 Å². The number of rotatable bonds is 4. The number of aromatic nitrogens is 1.